The van der Waals surface area contributed by atoms with Gasteiger partial charge < -0.3 is 15.0 Å². The van der Waals surface area contributed by atoms with E-state index in [9.17, 15) is 18.0 Å². The molecule has 0 spiro atoms. The number of fused-ring (bicyclic) bond motifs is 3. The summed E-state index contributed by atoms with van der Waals surface area (Å²) in [5, 5.41) is 18.1. The molecule has 10 heteroatoms. The highest BCUT2D eigenvalue weighted by Gasteiger charge is 2.36. The van der Waals surface area contributed by atoms with Crippen LogP contribution in [0.2, 0.25) is 0 Å². The maximum Gasteiger partial charge on any atom is 0.419 e. The number of rotatable bonds is 1. The monoisotopic (exact) mass is 403 g/mol. The van der Waals surface area contributed by atoms with Crippen molar-refractivity contribution in [2.45, 2.75) is 6.18 Å². The predicted molar refractivity (Wildman–Crippen MR) is 101 cm³/mol. The average Bonchev–Trinajstić information content (AvgIpc) is 2.69. The fourth-order valence-corrected chi connectivity index (χ4v) is 2.66. The SMILES string of the molecule is N=CN1C/C=C/COc2c(cccc2C(F)(F)F)C(=O)Nc2cccc(n2)C1=N. The zero-order valence-corrected chi connectivity index (χ0v) is 15.0. The summed E-state index contributed by atoms with van der Waals surface area (Å²) < 4.78 is 45.5. The Morgan fingerprint density at radius 3 is 2.66 bits per heavy atom. The minimum Gasteiger partial charge on any atom is -0.488 e. The van der Waals surface area contributed by atoms with Crippen LogP contribution in [0.25, 0.3) is 0 Å². The van der Waals surface area contributed by atoms with E-state index >= 15 is 0 Å². The first-order valence-electron chi connectivity index (χ1n) is 8.44. The number of benzene rings is 1. The number of amides is 1. The normalized spacial score (nSPS) is 16.2. The van der Waals surface area contributed by atoms with E-state index in [0.29, 0.717) is 0 Å². The highest BCUT2D eigenvalue weighted by molar-refractivity contribution is 6.06. The van der Waals surface area contributed by atoms with Gasteiger partial charge >= 0.3 is 6.18 Å². The first-order valence-corrected chi connectivity index (χ1v) is 8.44. The van der Waals surface area contributed by atoms with Gasteiger partial charge in [0.15, 0.2) is 5.84 Å². The molecule has 0 fully saturated rings. The van der Waals surface area contributed by atoms with Gasteiger partial charge in [-0.3, -0.25) is 15.6 Å². The number of halogens is 3. The van der Waals surface area contributed by atoms with Crippen LogP contribution in [0.5, 0.6) is 5.75 Å². The summed E-state index contributed by atoms with van der Waals surface area (Å²) >= 11 is 0. The summed E-state index contributed by atoms with van der Waals surface area (Å²) in [6.07, 6.45) is -0.770. The Morgan fingerprint density at radius 2 is 1.93 bits per heavy atom. The van der Waals surface area contributed by atoms with Gasteiger partial charge in [0.2, 0.25) is 0 Å². The number of carbonyl (C=O) groups is 1. The number of anilines is 1. The molecule has 2 aromatic rings. The Hall–Kier alpha value is -3.69. The number of amidine groups is 1. The number of nitrogens with one attached hydrogen (secondary N) is 3. The number of aromatic nitrogens is 1. The molecule has 3 N–H and O–H groups in total. The Bertz CT molecular complexity index is 988. The zero-order valence-electron chi connectivity index (χ0n) is 15.0. The lowest BCUT2D eigenvalue weighted by molar-refractivity contribution is -0.138. The molecule has 0 saturated carbocycles. The van der Waals surface area contributed by atoms with E-state index in [1.165, 1.54) is 29.2 Å². The van der Waals surface area contributed by atoms with Gasteiger partial charge in [-0.25, -0.2) is 4.98 Å². The molecule has 1 aliphatic heterocycles. The van der Waals surface area contributed by atoms with Crippen molar-refractivity contribution in [2.24, 2.45) is 0 Å². The lowest BCUT2D eigenvalue weighted by Gasteiger charge is -2.19. The third-order valence-corrected chi connectivity index (χ3v) is 4.03. The first-order chi connectivity index (χ1) is 13.8. The summed E-state index contributed by atoms with van der Waals surface area (Å²) in [6.45, 7) is -0.103. The van der Waals surface area contributed by atoms with E-state index in [1.54, 1.807) is 12.1 Å². The predicted octanol–water partition coefficient (Wildman–Crippen LogP) is 3.54. The van der Waals surface area contributed by atoms with E-state index in [2.05, 4.69) is 10.3 Å². The molecule has 1 aromatic carbocycles. The van der Waals surface area contributed by atoms with Crippen LogP contribution in [0.3, 0.4) is 0 Å². The molecule has 2 bridgehead atoms. The van der Waals surface area contributed by atoms with Crippen LogP contribution in [-0.2, 0) is 6.18 Å². The first kappa shape index (κ1) is 20.1. The summed E-state index contributed by atoms with van der Waals surface area (Å²) in [6, 6.07) is 7.73. The van der Waals surface area contributed by atoms with Crippen molar-refractivity contribution in [3.05, 3.63) is 65.4 Å². The molecule has 1 aromatic heterocycles. The number of ether oxygens (including phenoxy) is 1. The Morgan fingerprint density at radius 1 is 1.17 bits per heavy atom. The Kier molecular flexibility index (Phi) is 5.62. The van der Waals surface area contributed by atoms with E-state index in [-0.39, 0.29) is 36.1 Å². The van der Waals surface area contributed by atoms with Gasteiger partial charge in [0.1, 0.15) is 23.9 Å². The smallest absolute Gasteiger partial charge is 0.419 e. The van der Waals surface area contributed by atoms with Crippen molar-refractivity contribution >= 4 is 23.9 Å². The second-order valence-electron chi connectivity index (χ2n) is 5.95. The molecule has 0 atom stereocenters. The molecule has 1 aliphatic rings. The molecule has 0 saturated heterocycles. The molecule has 0 radical (unpaired) electrons. The van der Waals surface area contributed by atoms with Crippen LogP contribution in [-0.4, -0.2) is 41.1 Å². The average molecular weight is 403 g/mol. The topological polar surface area (TPSA) is 102 Å². The fraction of sp³-hybridized carbons (Fsp3) is 0.158. The van der Waals surface area contributed by atoms with Crippen molar-refractivity contribution in [1.82, 2.24) is 9.88 Å². The summed E-state index contributed by atoms with van der Waals surface area (Å²) in [5.74, 6) is -1.42. The van der Waals surface area contributed by atoms with Gasteiger partial charge in [-0.1, -0.05) is 18.2 Å². The van der Waals surface area contributed by atoms with Crippen molar-refractivity contribution in [1.29, 1.82) is 10.8 Å². The van der Waals surface area contributed by atoms with Gasteiger partial charge in [-0.05, 0) is 30.3 Å². The van der Waals surface area contributed by atoms with Crippen LogP contribution in [0.4, 0.5) is 19.0 Å². The lowest BCUT2D eigenvalue weighted by atomic mass is 10.1. The van der Waals surface area contributed by atoms with Crippen molar-refractivity contribution < 1.29 is 22.7 Å². The third-order valence-electron chi connectivity index (χ3n) is 4.03. The summed E-state index contributed by atoms with van der Waals surface area (Å²) in [5.41, 5.74) is -1.15. The fourth-order valence-electron chi connectivity index (χ4n) is 2.66. The standard InChI is InChI=1S/C19H16F3N5O2/c20-19(21,22)13-6-3-5-12-16(13)29-10-2-1-9-27(11-23)17(24)14-7-4-8-15(25-14)26-18(12)28/h1-8,11,23-24H,9-10H2,(H,25,26,28)/b2-1+,23-11?,24-17?. The molecule has 150 valence electrons. The maximum atomic E-state index is 13.4. The van der Waals surface area contributed by atoms with Crippen LogP contribution in [0.1, 0.15) is 21.6 Å². The maximum absolute atomic E-state index is 13.4. The molecule has 1 amide bonds. The lowest BCUT2D eigenvalue weighted by Crippen LogP contribution is -2.30. The molecule has 2 heterocycles. The van der Waals surface area contributed by atoms with Crippen LogP contribution >= 0.6 is 0 Å². The van der Waals surface area contributed by atoms with Gasteiger partial charge in [0, 0.05) is 6.54 Å². The van der Waals surface area contributed by atoms with Crippen LogP contribution < -0.4 is 10.1 Å². The number of hydrogen-bond acceptors (Lipinski definition) is 5. The van der Waals surface area contributed by atoms with E-state index in [0.717, 1.165) is 18.5 Å². The second-order valence-corrected chi connectivity index (χ2v) is 5.95. The number of alkyl halides is 3. The van der Waals surface area contributed by atoms with Crippen molar-refractivity contribution in [2.75, 3.05) is 18.5 Å². The number of pyridine rings is 1. The molecular weight excluding hydrogens is 387 g/mol. The minimum atomic E-state index is -4.70. The number of hydrogen-bond donors (Lipinski definition) is 3. The number of carbonyl (C=O) groups excluding carboxylic acids is 1. The molecule has 29 heavy (non-hydrogen) atoms. The summed E-state index contributed by atoms with van der Waals surface area (Å²) in [4.78, 5) is 18.1. The number of para-hydroxylation sites is 1. The highest BCUT2D eigenvalue weighted by atomic mass is 19.4. The Balaban J connectivity index is 2.09. The van der Waals surface area contributed by atoms with E-state index < -0.39 is 23.4 Å². The van der Waals surface area contributed by atoms with E-state index in [1.807, 2.05) is 0 Å². The van der Waals surface area contributed by atoms with Gasteiger partial charge in [-0.2, -0.15) is 13.2 Å². The van der Waals surface area contributed by atoms with Gasteiger partial charge in [0.25, 0.3) is 5.91 Å². The van der Waals surface area contributed by atoms with Crippen molar-refractivity contribution in [3.63, 3.8) is 0 Å². The zero-order chi connectivity index (χ0) is 21.0. The second kappa shape index (κ2) is 8.13. The van der Waals surface area contributed by atoms with Gasteiger partial charge in [0.05, 0.1) is 17.5 Å². The van der Waals surface area contributed by atoms with Crippen molar-refractivity contribution in [3.8, 4) is 5.75 Å². The largest absolute Gasteiger partial charge is 0.488 e. The quantitative estimate of drug-likeness (QED) is 0.385. The molecule has 3 rings (SSSR count). The summed E-state index contributed by atoms with van der Waals surface area (Å²) in [7, 11) is 0. The van der Waals surface area contributed by atoms with Crippen LogP contribution in [0.15, 0.2) is 48.6 Å². The highest BCUT2D eigenvalue weighted by Crippen LogP contribution is 2.38. The number of nitrogens with zero attached hydrogens (tertiary/aromatic N) is 2. The van der Waals surface area contributed by atoms with Crippen LogP contribution in [0, 0.1) is 10.8 Å². The third kappa shape index (κ3) is 4.42. The molecule has 7 nitrogen and oxygen atoms in total. The molecule has 0 unspecified atom stereocenters. The Labute approximate surface area is 163 Å². The molecular formula is C19H16F3N5O2. The van der Waals surface area contributed by atoms with Gasteiger partial charge in [-0.15, -0.1) is 0 Å². The van der Waals surface area contributed by atoms with E-state index in [4.69, 9.17) is 15.6 Å². The minimum absolute atomic E-state index is 0.0538. The molecule has 0 aliphatic carbocycles.